The Morgan fingerprint density at radius 1 is 1.15 bits per heavy atom. The second-order valence-electron chi connectivity index (χ2n) is 4.43. The molecule has 0 aliphatic rings. The smallest absolute Gasteiger partial charge is 0.117 e. The molecule has 20 heavy (non-hydrogen) atoms. The van der Waals surface area contributed by atoms with E-state index in [9.17, 15) is 0 Å². The van der Waals surface area contributed by atoms with Crippen LogP contribution in [0.25, 0.3) is 11.3 Å². The maximum atomic E-state index is 4.24. The molecule has 3 rings (SSSR count). The first-order valence-corrected chi connectivity index (χ1v) is 7.21. The molecule has 0 amide bonds. The molecule has 0 saturated heterocycles. The molecule has 2 heterocycles. The number of H-pyrrole nitrogens is 1. The number of nitrogens with zero attached hydrogens (tertiary/aromatic N) is 3. The molecule has 0 bridgehead atoms. The number of aromatic nitrogens is 4. The zero-order valence-electron chi connectivity index (χ0n) is 11.1. The Bertz CT molecular complexity index is 674. The van der Waals surface area contributed by atoms with Crippen molar-refractivity contribution in [2.24, 2.45) is 0 Å². The van der Waals surface area contributed by atoms with Gasteiger partial charge in [-0.05, 0) is 6.92 Å². The van der Waals surface area contributed by atoms with Crippen LogP contribution in [0.3, 0.4) is 0 Å². The number of aromatic amines is 1. The minimum atomic E-state index is 0.678. The van der Waals surface area contributed by atoms with E-state index in [-0.39, 0.29) is 0 Å². The van der Waals surface area contributed by atoms with Gasteiger partial charge in [0, 0.05) is 29.7 Å². The zero-order chi connectivity index (χ0) is 13.8. The highest BCUT2D eigenvalue weighted by Gasteiger charge is 2.09. The van der Waals surface area contributed by atoms with Gasteiger partial charge >= 0.3 is 0 Å². The van der Waals surface area contributed by atoms with Crippen molar-refractivity contribution in [3.63, 3.8) is 0 Å². The minimum absolute atomic E-state index is 0.678. The van der Waals surface area contributed by atoms with Gasteiger partial charge in [0.25, 0.3) is 0 Å². The van der Waals surface area contributed by atoms with Crippen LogP contribution < -0.4 is 5.32 Å². The molecule has 0 saturated carbocycles. The monoisotopic (exact) mass is 285 g/mol. The van der Waals surface area contributed by atoms with E-state index >= 15 is 0 Å². The third-order valence-electron chi connectivity index (χ3n) is 2.93. The molecule has 102 valence electrons. The first-order valence-electron chi connectivity index (χ1n) is 6.40. The van der Waals surface area contributed by atoms with E-state index in [1.807, 2.05) is 43.5 Å². The average molecular weight is 285 g/mol. The Kier molecular flexibility index (Phi) is 3.85. The van der Waals surface area contributed by atoms with Crippen LogP contribution in [-0.4, -0.2) is 20.4 Å². The van der Waals surface area contributed by atoms with Gasteiger partial charge in [0.15, 0.2) is 0 Å². The summed E-state index contributed by atoms with van der Waals surface area (Å²) in [6, 6.07) is 10.1. The molecule has 0 aliphatic heterocycles. The summed E-state index contributed by atoms with van der Waals surface area (Å²) in [7, 11) is 0. The number of thiazole rings is 1. The standard InChI is InChI=1S/C14H15N5S/c1-10-16-8-12(20-10)7-15-9-13-14(18-19-17-13)11-5-3-2-4-6-11/h2-6,8,15H,7,9H2,1H3,(H,17,18,19). The fourth-order valence-electron chi connectivity index (χ4n) is 1.99. The molecule has 5 nitrogen and oxygen atoms in total. The minimum Gasteiger partial charge on any atom is -0.306 e. The van der Waals surface area contributed by atoms with E-state index in [4.69, 9.17) is 0 Å². The predicted molar refractivity (Wildman–Crippen MR) is 79.2 cm³/mol. The zero-order valence-corrected chi connectivity index (χ0v) is 11.9. The first kappa shape index (κ1) is 13.0. The molecule has 3 aromatic rings. The average Bonchev–Trinajstić information content (AvgIpc) is 3.09. The van der Waals surface area contributed by atoms with Gasteiger partial charge in [0.05, 0.1) is 5.01 Å². The van der Waals surface area contributed by atoms with E-state index < -0.39 is 0 Å². The normalized spacial score (nSPS) is 10.8. The van der Waals surface area contributed by atoms with E-state index in [0.29, 0.717) is 6.54 Å². The fraction of sp³-hybridized carbons (Fsp3) is 0.214. The number of hydrogen-bond donors (Lipinski definition) is 2. The highest BCUT2D eigenvalue weighted by molar-refractivity contribution is 7.11. The summed E-state index contributed by atoms with van der Waals surface area (Å²) in [5.74, 6) is 0. The topological polar surface area (TPSA) is 66.5 Å². The van der Waals surface area contributed by atoms with Gasteiger partial charge < -0.3 is 5.32 Å². The number of rotatable bonds is 5. The highest BCUT2D eigenvalue weighted by atomic mass is 32.1. The van der Waals surface area contributed by atoms with Crippen molar-refractivity contribution in [1.29, 1.82) is 0 Å². The number of benzene rings is 1. The van der Waals surface area contributed by atoms with Crippen molar-refractivity contribution >= 4 is 11.3 Å². The molecular weight excluding hydrogens is 270 g/mol. The van der Waals surface area contributed by atoms with Crippen molar-refractivity contribution in [2.45, 2.75) is 20.0 Å². The second kappa shape index (κ2) is 5.94. The molecule has 0 unspecified atom stereocenters. The molecule has 0 aliphatic carbocycles. The lowest BCUT2D eigenvalue weighted by molar-refractivity contribution is 0.683. The third kappa shape index (κ3) is 2.92. The van der Waals surface area contributed by atoms with Crippen LogP contribution in [0.5, 0.6) is 0 Å². The van der Waals surface area contributed by atoms with Gasteiger partial charge in [-0.25, -0.2) is 4.98 Å². The first-order chi connectivity index (χ1) is 9.83. The number of hydrogen-bond acceptors (Lipinski definition) is 5. The summed E-state index contributed by atoms with van der Waals surface area (Å²) in [4.78, 5) is 5.47. The summed E-state index contributed by atoms with van der Waals surface area (Å²) >= 11 is 1.71. The van der Waals surface area contributed by atoms with Crippen LogP contribution in [0.4, 0.5) is 0 Å². The van der Waals surface area contributed by atoms with Gasteiger partial charge in [-0.15, -0.1) is 11.3 Å². The van der Waals surface area contributed by atoms with Crippen molar-refractivity contribution in [3.8, 4) is 11.3 Å². The Labute approximate surface area is 121 Å². The Morgan fingerprint density at radius 3 is 2.75 bits per heavy atom. The Balaban J connectivity index is 1.65. The summed E-state index contributed by atoms with van der Waals surface area (Å²) in [5.41, 5.74) is 2.91. The van der Waals surface area contributed by atoms with Crippen LogP contribution in [0, 0.1) is 6.92 Å². The van der Waals surface area contributed by atoms with Crippen LogP contribution in [0.2, 0.25) is 0 Å². The largest absolute Gasteiger partial charge is 0.306 e. The molecule has 6 heteroatoms. The third-order valence-corrected chi connectivity index (χ3v) is 3.84. The molecule has 0 radical (unpaired) electrons. The molecule has 0 atom stereocenters. The quantitative estimate of drug-likeness (QED) is 0.756. The van der Waals surface area contributed by atoms with Gasteiger partial charge in [-0.1, -0.05) is 30.3 Å². The molecular formula is C14H15N5S. The van der Waals surface area contributed by atoms with Gasteiger partial charge in [0.2, 0.25) is 0 Å². The fourth-order valence-corrected chi connectivity index (χ4v) is 2.76. The Morgan fingerprint density at radius 2 is 2.00 bits per heavy atom. The Hall–Kier alpha value is -2.05. The summed E-state index contributed by atoms with van der Waals surface area (Å²) < 4.78 is 0. The van der Waals surface area contributed by atoms with Crippen LogP contribution in [-0.2, 0) is 13.1 Å². The lowest BCUT2D eigenvalue weighted by atomic mass is 10.1. The van der Waals surface area contributed by atoms with E-state index in [1.54, 1.807) is 11.3 Å². The van der Waals surface area contributed by atoms with Crippen molar-refractivity contribution in [1.82, 2.24) is 25.7 Å². The summed E-state index contributed by atoms with van der Waals surface area (Å²) in [6.07, 6.45) is 1.91. The molecule has 0 spiro atoms. The number of nitrogens with one attached hydrogen (secondary N) is 2. The van der Waals surface area contributed by atoms with Crippen LogP contribution in [0.1, 0.15) is 15.6 Å². The summed E-state index contributed by atoms with van der Waals surface area (Å²) in [6.45, 7) is 3.49. The van der Waals surface area contributed by atoms with Gasteiger partial charge in [-0.3, -0.25) is 0 Å². The summed E-state index contributed by atoms with van der Waals surface area (Å²) in [5, 5.41) is 15.6. The number of aryl methyl sites for hydroxylation is 1. The van der Waals surface area contributed by atoms with Crippen molar-refractivity contribution < 1.29 is 0 Å². The van der Waals surface area contributed by atoms with E-state index in [2.05, 4.69) is 25.7 Å². The van der Waals surface area contributed by atoms with Crippen LogP contribution in [0.15, 0.2) is 36.5 Å². The molecule has 2 N–H and O–H groups in total. The highest BCUT2D eigenvalue weighted by Crippen LogP contribution is 2.19. The lowest BCUT2D eigenvalue weighted by Crippen LogP contribution is -2.12. The van der Waals surface area contributed by atoms with Crippen molar-refractivity contribution in [3.05, 3.63) is 52.1 Å². The van der Waals surface area contributed by atoms with E-state index in [0.717, 1.165) is 28.5 Å². The van der Waals surface area contributed by atoms with Crippen LogP contribution >= 0.6 is 11.3 Å². The SMILES string of the molecule is Cc1ncc(CNCc2n[nH]nc2-c2ccccc2)s1. The maximum absolute atomic E-state index is 4.24. The van der Waals surface area contributed by atoms with Gasteiger partial charge in [-0.2, -0.15) is 15.4 Å². The van der Waals surface area contributed by atoms with E-state index in [1.165, 1.54) is 4.88 Å². The molecule has 1 aromatic carbocycles. The predicted octanol–water partition coefficient (Wildman–Crippen LogP) is 2.53. The molecule has 2 aromatic heterocycles. The second-order valence-corrected chi connectivity index (χ2v) is 5.75. The van der Waals surface area contributed by atoms with Crippen molar-refractivity contribution in [2.75, 3.05) is 0 Å². The lowest BCUT2D eigenvalue weighted by Gasteiger charge is -2.02. The molecule has 0 fully saturated rings. The van der Waals surface area contributed by atoms with Gasteiger partial charge in [0.1, 0.15) is 11.4 Å². The maximum Gasteiger partial charge on any atom is 0.117 e.